The summed E-state index contributed by atoms with van der Waals surface area (Å²) in [4.78, 5) is 14.9. The van der Waals surface area contributed by atoms with E-state index in [1.165, 1.54) is 0 Å². The summed E-state index contributed by atoms with van der Waals surface area (Å²) in [6, 6.07) is 5.26. The van der Waals surface area contributed by atoms with Crippen LogP contribution in [0.3, 0.4) is 0 Å². The highest BCUT2D eigenvalue weighted by atomic mass is 16.5. The van der Waals surface area contributed by atoms with Crippen molar-refractivity contribution < 1.29 is 14.3 Å². The van der Waals surface area contributed by atoms with Crippen LogP contribution in [-0.2, 0) is 0 Å². The van der Waals surface area contributed by atoms with E-state index in [1.54, 1.807) is 32.4 Å². The van der Waals surface area contributed by atoms with Crippen molar-refractivity contribution >= 4 is 11.7 Å². The van der Waals surface area contributed by atoms with Gasteiger partial charge in [0.05, 0.1) is 14.2 Å². The van der Waals surface area contributed by atoms with Crippen LogP contribution in [0, 0.1) is 0 Å². The number of carbonyl (C=O) groups excluding carboxylic acids is 1. The highest BCUT2D eigenvalue weighted by Gasteiger charge is 2.47. The van der Waals surface area contributed by atoms with Gasteiger partial charge in [0.1, 0.15) is 11.5 Å². The van der Waals surface area contributed by atoms with Crippen molar-refractivity contribution in [2.75, 3.05) is 19.5 Å². The fourth-order valence-electron chi connectivity index (χ4n) is 3.97. The molecule has 1 aliphatic rings. The highest BCUT2D eigenvalue weighted by molar-refractivity contribution is 5.91. The molecular weight excluding hydrogens is 306 g/mol. The highest BCUT2D eigenvalue weighted by Crippen LogP contribution is 2.38. The number of anilines is 1. The van der Waals surface area contributed by atoms with Crippen LogP contribution in [0.4, 0.5) is 10.5 Å². The molecule has 0 unspecified atom stereocenters. The van der Waals surface area contributed by atoms with Gasteiger partial charge < -0.3 is 25.4 Å². The number of piperidine rings is 1. The molecule has 1 aromatic rings. The van der Waals surface area contributed by atoms with Crippen LogP contribution in [0.15, 0.2) is 18.2 Å². The number of carbonyl (C=O) groups is 1. The zero-order valence-corrected chi connectivity index (χ0v) is 15.5. The molecule has 6 heteroatoms. The van der Waals surface area contributed by atoms with Gasteiger partial charge in [0.2, 0.25) is 0 Å². The summed E-state index contributed by atoms with van der Waals surface area (Å²) >= 11 is 0. The Bertz CT molecular complexity index is 573. The quantitative estimate of drug-likeness (QED) is 0.889. The Kier molecular flexibility index (Phi) is 4.99. The van der Waals surface area contributed by atoms with Gasteiger partial charge in [0, 0.05) is 41.0 Å². The summed E-state index contributed by atoms with van der Waals surface area (Å²) in [5.74, 6) is 1.26. The van der Waals surface area contributed by atoms with Gasteiger partial charge in [-0.2, -0.15) is 0 Å². The zero-order chi connectivity index (χ0) is 18.1. The number of nitrogens with one attached hydrogen (secondary N) is 1. The number of methoxy groups -OCH3 is 2. The molecule has 1 aromatic carbocycles. The largest absolute Gasteiger partial charge is 0.497 e. The average Bonchev–Trinajstić information content (AvgIpc) is 2.43. The molecule has 24 heavy (non-hydrogen) atoms. The number of nitrogens with zero attached hydrogens (tertiary/aromatic N) is 1. The molecule has 0 radical (unpaired) electrons. The van der Waals surface area contributed by atoms with Gasteiger partial charge in [0.15, 0.2) is 0 Å². The van der Waals surface area contributed by atoms with Crippen LogP contribution >= 0.6 is 0 Å². The van der Waals surface area contributed by atoms with Gasteiger partial charge in [-0.25, -0.2) is 4.79 Å². The monoisotopic (exact) mass is 335 g/mol. The average molecular weight is 335 g/mol. The van der Waals surface area contributed by atoms with E-state index in [0.717, 1.165) is 12.8 Å². The lowest BCUT2D eigenvalue weighted by atomic mass is 9.77. The number of hydrogen-bond acceptors (Lipinski definition) is 4. The fourth-order valence-corrected chi connectivity index (χ4v) is 3.97. The number of benzene rings is 1. The molecule has 1 saturated heterocycles. The Morgan fingerprint density at radius 2 is 1.54 bits per heavy atom. The first kappa shape index (κ1) is 18.4. The van der Waals surface area contributed by atoms with Gasteiger partial charge in [0.25, 0.3) is 0 Å². The maximum absolute atomic E-state index is 13.0. The van der Waals surface area contributed by atoms with Crippen LogP contribution in [0.5, 0.6) is 11.5 Å². The standard InChI is InChI=1S/C18H29N3O3/c1-17(2)10-12(19)11-18(3,4)21(17)16(22)20-13-7-14(23-5)9-15(8-13)24-6/h7-9,12H,10-11,19H2,1-6H3,(H,20,22). The molecule has 1 aliphatic heterocycles. The summed E-state index contributed by atoms with van der Waals surface area (Å²) < 4.78 is 10.5. The lowest BCUT2D eigenvalue weighted by Crippen LogP contribution is -2.66. The number of ether oxygens (including phenoxy) is 2. The third-order valence-corrected chi connectivity index (χ3v) is 4.54. The summed E-state index contributed by atoms with van der Waals surface area (Å²) in [5, 5.41) is 2.97. The summed E-state index contributed by atoms with van der Waals surface area (Å²) in [6.07, 6.45) is 1.54. The second-order valence-corrected chi connectivity index (χ2v) is 7.66. The fraction of sp³-hybridized carbons (Fsp3) is 0.611. The Morgan fingerprint density at radius 3 is 1.96 bits per heavy atom. The lowest BCUT2D eigenvalue weighted by molar-refractivity contribution is 0.00877. The van der Waals surface area contributed by atoms with E-state index >= 15 is 0 Å². The maximum Gasteiger partial charge on any atom is 0.322 e. The van der Waals surface area contributed by atoms with E-state index in [4.69, 9.17) is 15.2 Å². The number of amides is 2. The molecule has 3 N–H and O–H groups in total. The predicted molar refractivity (Wildman–Crippen MR) is 95.8 cm³/mol. The van der Waals surface area contributed by atoms with Gasteiger partial charge in [-0.15, -0.1) is 0 Å². The van der Waals surface area contributed by atoms with Crippen LogP contribution in [-0.4, -0.2) is 42.3 Å². The third-order valence-electron chi connectivity index (χ3n) is 4.54. The van der Waals surface area contributed by atoms with Crippen LogP contribution in [0.25, 0.3) is 0 Å². The Morgan fingerprint density at radius 1 is 1.08 bits per heavy atom. The Hall–Kier alpha value is -1.95. The normalized spacial score (nSPS) is 19.7. The van der Waals surface area contributed by atoms with Crippen molar-refractivity contribution in [2.24, 2.45) is 5.73 Å². The van der Waals surface area contributed by atoms with E-state index < -0.39 is 0 Å². The summed E-state index contributed by atoms with van der Waals surface area (Å²) in [5.41, 5.74) is 6.17. The van der Waals surface area contributed by atoms with E-state index in [9.17, 15) is 4.79 Å². The first-order chi connectivity index (χ1) is 11.1. The number of rotatable bonds is 3. The van der Waals surface area contributed by atoms with Gasteiger partial charge >= 0.3 is 6.03 Å². The van der Waals surface area contributed by atoms with Gasteiger partial charge in [-0.3, -0.25) is 0 Å². The van der Waals surface area contributed by atoms with Crippen LogP contribution < -0.4 is 20.5 Å². The van der Waals surface area contributed by atoms with Crippen LogP contribution in [0.2, 0.25) is 0 Å². The molecule has 0 saturated carbocycles. The number of urea groups is 1. The van der Waals surface area contributed by atoms with E-state index in [2.05, 4.69) is 33.0 Å². The third kappa shape index (κ3) is 3.75. The van der Waals surface area contributed by atoms with Crippen molar-refractivity contribution in [3.8, 4) is 11.5 Å². The van der Waals surface area contributed by atoms with Gasteiger partial charge in [-0.05, 0) is 40.5 Å². The molecule has 6 nitrogen and oxygen atoms in total. The number of hydrogen-bond donors (Lipinski definition) is 2. The second kappa shape index (κ2) is 6.51. The SMILES string of the molecule is COc1cc(NC(=O)N2C(C)(C)CC(N)CC2(C)C)cc(OC)c1. The van der Waals surface area contributed by atoms with E-state index in [-0.39, 0.29) is 23.2 Å². The Balaban J connectivity index is 2.28. The van der Waals surface area contributed by atoms with Crippen molar-refractivity contribution in [3.63, 3.8) is 0 Å². The molecule has 0 atom stereocenters. The molecule has 134 valence electrons. The van der Waals surface area contributed by atoms with Crippen molar-refractivity contribution in [1.29, 1.82) is 0 Å². The Labute approximate surface area is 144 Å². The van der Waals surface area contributed by atoms with E-state index in [1.807, 2.05) is 4.90 Å². The topological polar surface area (TPSA) is 76.8 Å². The molecule has 0 aromatic heterocycles. The summed E-state index contributed by atoms with van der Waals surface area (Å²) in [7, 11) is 3.16. The first-order valence-corrected chi connectivity index (χ1v) is 8.19. The second-order valence-electron chi connectivity index (χ2n) is 7.66. The molecule has 0 aliphatic carbocycles. The molecule has 0 spiro atoms. The first-order valence-electron chi connectivity index (χ1n) is 8.19. The molecule has 1 fully saturated rings. The minimum Gasteiger partial charge on any atom is -0.497 e. The minimum atomic E-state index is -0.325. The summed E-state index contributed by atoms with van der Waals surface area (Å²) in [6.45, 7) is 8.22. The number of likely N-dealkylation sites (tertiary alicyclic amines) is 1. The van der Waals surface area contributed by atoms with Crippen molar-refractivity contribution in [1.82, 2.24) is 4.90 Å². The van der Waals surface area contributed by atoms with Crippen LogP contribution in [0.1, 0.15) is 40.5 Å². The number of nitrogens with two attached hydrogens (primary N) is 1. The molecule has 0 bridgehead atoms. The molecule has 2 amide bonds. The van der Waals surface area contributed by atoms with Gasteiger partial charge in [-0.1, -0.05) is 0 Å². The smallest absolute Gasteiger partial charge is 0.322 e. The van der Waals surface area contributed by atoms with Crippen molar-refractivity contribution in [2.45, 2.75) is 57.7 Å². The molecular formula is C18H29N3O3. The molecule has 1 heterocycles. The predicted octanol–water partition coefficient (Wildman–Crippen LogP) is 3.22. The maximum atomic E-state index is 13.0. The van der Waals surface area contributed by atoms with E-state index in [0.29, 0.717) is 17.2 Å². The zero-order valence-electron chi connectivity index (χ0n) is 15.5. The lowest BCUT2D eigenvalue weighted by Gasteiger charge is -2.54. The molecule has 2 rings (SSSR count). The van der Waals surface area contributed by atoms with Crippen molar-refractivity contribution in [3.05, 3.63) is 18.2 Å². The minimum absolute atomic E-state index is 0.0935.